The molecule has 6 nitrogen and oxygen atoms in total. The molecule has 1 heterocycles. The third kappa shape index (κ3) is 5.45. The van der Waals surface area contributed by atoms with Crippen LogP contribution in [-0.4, -0.2) is 56.7 Å². The molecule has 1 aliphatic heterocycles. The van der Waals surface area contributed by atoms with Gasteiger partial charge in [0.25, 0.3) is 5.91 Å². The molecule has 144 valence electrons. The Hall–Kier alpha value is -2.57. The molecule has 1 saturated heterocycles. The summed E-state index contributed by atoms with van der Waals surface area (Å²) < 4.78 is 11.6. The highest BCUT2D eigenvalue weighted by atomic mass is 16.5. The average molecular weight is 369 g/mol. The molecule has 2 N–H and O–H groups in total. The number of ether oxygens (including phenoxy) is 2. The number of amides is 1. The van der Waals surface area contributed by atoms with Crippen molar-refractivity contribution in [3.05, 3.63) is 54.1 Å². The molecule has 0 aromatic heterocycles. The van der Waals surface area contributed by atoms with Crippen LogP contribution in [0.3, 0.4) is 0 Å². The summed E-state index contributed by atoms with van der Waals surface area (Å²) in [4.78, 5) is 15.0. The van der Waals surface area contributed by atoms with E-state index in [9.17, 15) is 4.79 Å². The van der Waals surface area contributed by atoms with Crippen LogP contribution in [0.1, 0.15) is 17.3 Å². The number of hydrogen-bond donors (Lipinski definition) is 2. The monoisotopic (exact) mass is 369 g/mol. The second-order valence-corrected chi connectivity index (χ2v) is 6.33. The second kappa shape index (κ2) is 9.94. The number of piperazine rings is 1. The Bertz CT molecular complexity index is 745. The summed E-state index contributed by atoms with van der Waals surface area (Å²) in [5.74, 6) is 1.65. The first-order chi connectivity index (χ1) is 13.3. The fourth-order valence-electron chi connectivity index (χ4n) is 3.03. The Morgan fingerprint density at radius 2 is 1.70 bits per heavy atom. The molecule has 2 aromatic rings. The topological polar surface area (TPSA) is 62.8 Å². The maximum atomic E-state index is 12.7. The van der Waals surface area contributed by atoms with Gasteiger partial charge in [-0.25, -0.2) is 0 Å². The van der Waals surface area contributed by atoms with Gasteiger partial charge in [0.15, 0.2) is 11.5 Å². The lowest BCUT2D eigenvalue weighted by atomic mass is 10.2. The van der Waals surface area contributed by atoms with E-state index in [0.29, 0.717) is 36.0 Å². The number of para-hydroxylation sites is 3. The highest BCUT2D eigenvalue weighted by Gasteiger charge is 2.15. The summed E-state index contributed by atoms with van der Waals surface area (Å²) in [6.07, 6.45) is 0. The van der Waals surface area contributed by atoms with Crippen molar-refractivity contribution in [2.24, 2.45) is 0 Å². The number of hydrogen-bond acceptors (Lipinski definition) is 5. The van der Waals surface area contributed by atoms with Gasteiger partial charge in [0.05, 0.1) is 12.2 Å². The van der Waals surface area contributed by atoms with Crippen molar-refractivity contribution in [2.45, 2.75) is 6.92 Å². The van der Waals surface area contributed by atoms with Crippen LogP contribution < -0.4 is 20.1 Å². The second-order valence-electron chi connectivity index (χ2n) is 6.33. The van der Waals surface area contributed by atoms with E-state index in [2.05, 4.69) is 15.5 Å². The first-order valence-electron chi connectivity index (χ1n) is 9.48. The Morgan fingerprint density at radius 3 is 2.44 bits per heavy atom. The molecule has 1 aliphatic rings. The highest BCUT2D eigenvalue weighted by molar-refractivity contribution is 5.97. The van der Waals surface area contributed by atoms with Gasteiger partial charge in [-0.15, -0.1) is 0 Å². The van der Waals surface area contributed by atoms with Gasteiger partial charge in [0.1, 0.15) is 5.75 Å². The molecule has 0 atom stereocenters. The minimum absolute atomic E-state index is 0.130. The smallest absolute Gasteiger partial charge is 0.255 e. The molecule has 0 spiro atoms. The Morgan fingerprint density at radius 1 is 1.04 bits per heavy atom. The average Bonchev–Trinajstić information content (AvgIpc) is 2.71. The SMILES string of the molecule is CCOc1ccccc1Oc1ccccc1C(=O)NCCN1CCNCC1. The summed E-state index contributed by atoms with van der Waals surface area (Å²) >= 11 is 0. The maximum absolute atomic E-state index is 12.7. The normalized spacial score (nSPS) is 14.6. The van der Waals surface area contributed by atoms with Gasteiger partial charge in [-0.3, -0.25) is 9.69 Å². The van der Waals surface area contributed by atoms with Gasteiger partial charge < -0.3 is 20.1 Å². The van der Waals surface area contributed by atoms with Gasteiger partial charge in [-0.1, -0.05) is 24.3 Å². The highest BCUT2D eigenvalue weighted by Crippen LogP contribution is 2.32. The van der Waals surface area contributed by atoms with Crippen molar-refractivity contribution in [1.82, 2.24) is 15.5 Å². The van der Waals surface area contributed by atoms with Crippen LogP contribution in [0.2, 0.25) is 0 Å². The zero-order valence-corrected chi connectivity index (χ0v) is 15.7. The lowest BCUT2D eigenvalue weighted by Crippen LogP contribution is -2.46. The van der Waals surface area contributed by atoms with E-state index >= 15 is 0 Å². The molecule has 27 heavy (non-hydrogen) atoms. The van der Waals surface area contributed by atoms with Crippen molar-refractivity contribution in [2.75, 3.05) is 45.9 Å². The number of rotatable bonds is 8. The van der Waals surface area contributed by atoms with Crippen molar-refractivity contribution < 1.29 is 14.3 Å². The fourth-order valence-corrected chi connectivity index (χ4v) is 3.03. The third-order valence-electron chi connectivity index (χ3n) is 4.42. The zero-order valence-electron chi connectivity index (χ0n) is 15.7. The van der Waals surface area contributed by atoms with Crippen LogP contribution in [0.25, 0.3) is 0 Å². The van der Waals surface area contributed by atoms with Crippen molar-refractivity contribution in [3.63, 3.8) is 0 Å². The Labute approximate surface area is 160 Å². The summed E-state index contributed by atoms with van der Waals surface area (Å²) in [5.41, 5.74) is 0.518. The quantitative estimate of drug-likeness (QED) is 0.749. The van der Waals surface area contributed by atoms with Crippen LogP contribution in [0.15, 0.2) is 48.5 Å². The molecule has 0 aliphatic carbocycles. The van der Waals surface area contributed by atoms with Crippen LogP contribution in [0, 0.1) is 0 Å². The predicted molar refractivity (Wildman–Crippen MR) is 106 cm³/mol. The minimum Gasteiger partial charge on any atom is -0.490 e. The van der Waals surface area contributed by atoms with Crippen molar-refractivity contribution in [1.29, 1.82) is 0 Å². The Balaban J connectivity index is 1.64. The van der Waals surface area contributed by atoms with Gasteiger partial charge in [-0.05, 0) is 31.2 Å². The number of nitrogens with zero attached hydrogens (tertiary/aromatic N) is 1. The Kier molecular flexibility index (Phi) is 7.07. The van der Waals surface area contributed by atoms with E-state index < -0.39 is 0 Å². The van der Waals surface area contributed by atoms with E-state index in [1.54, 1.807) is 12.1 Å². The van der Waals surface area contributed by atoms with Crippen LogP contribution >= 0.6 is 0 Å². The van der Waals surface area contributed by atoms with E-state index in [-0.39, 0.29) is 5.91 Å². The van der Waals surface area contributed by atoms with E-state index in [1.165, 1.54) is 0 Å². The number of carbonyl (C=O) groups is 1. The summed E-state index contributed by atoms with van der Waals surface area (Å²) in [6, 6.07) is 14.7. The molecule has 0 bridgehead atoms. The summed E-state index contributed by atoms with van der Waals surface area (Å²) in [6.45, 7) is 7.98. The number of carbonyl (C=O) groups excluding carboxylic acids is 1. The molecule has 6 heteroatoms. The van der Waals surface area contributed by atoms with Crippen molar-refractivity contribution >= 4 is 5.91 Å². The molecule has 2 aromatic carbocycles. The van der Waals surface area contributed by atoms with Gasteiger partial charge >= 0.3 is 0 Å². The molecule has 0 saturated carbocycles. The first kappa shape index (κ1) is 19.2. The number of benzene rings is 2. The largest absolute Gasteiger partial charge is 0.490 e. The van der Waals surface area contributed by atoms with Crippen molar-refractivity contribution in [3.8, 4) is 17.2 Å². The molecular formula is C21H27N3O3. The van der Waals surface area contributed by atoms with Crippen LogP contribution in [0.4, 0.5) is 0 Å². The fraction of sp³-hybridized carbons (Fsp3) is 0.381. The van der Waals surface area contributed by atoms with E-state index in [4.69, 9.17) is 9.47 Å². The standard InChI is InChI=1S/C21H27N3O3/c1-2-26-19-9-5-6-10-20(19)27-18-8-4-3-7-17(18)21(25)23-13-16-24-14-11-22-12-15-24/h3-10,22H,2,11-16H2,1H3,(H,23,25). The maximum Gasteiger partial charge on any atom is 0.255 e. The minimum atomic E-state index is -0.130. The molecule has 0 radical (unpaired) electrons. The van der Waals surface area contributed by atoms with Crippen LogP contribution in [-0.2, 0) is 0 Å². The van der Waals surface area contributed by atoms with Gasteiger partial charge in [-0.2, -0.15) is 0 Å². The third-order valence-corrected chi connectivity index (χ3v) is 4.42. The van der Waals surface area contributed by atoms with E-state index in [1.807, 2.05) is 43.3 Å². The lowest BCUT2D eigenvalue weighted by Gasteiger charge is -2.27. The molecule has 0 unspecified atom stereocenters. The predicted octanol–water partition coefficient (Wildman–Crippen LogP) is 2.51. The summed E-state index contributed by atoms with van der Waals surface area (Å²) in [7, 11) is 0. The molecule has 3 rings (SSSR count). The molecular weight excluding hydrogens is 342 g/mol. The van der Waals surface area contributed by atoms with Gasteiger partial charge in [0.2, 0.25) is 0 Å². The van der Waals surface area contributed by atoms with Gasteiger partial charge in [0, 0.05) is 39.3 Å². The zero-order chi connectivity index (χ0) is 18.9. The number of nitrogens with one attached hydrogen (secondary N) is 2. The summed E-state index contributed by atoms with van der Waals surface area (Å²) in [5, 5.41) is 6.33. The van der Waals surface area contributed by atoms with E-state index in [0.717, 1.165) is 32.7 Å². The lowest BCUT2D eigenvalue weighted by molar-refractivity contribution is 0.0945. The molecule has 1 amide bonds. The van der Waals surface area contributed by atoms with Crippen LogP contribution in [0.5, 0.6) is 17.2 Å². The molecule has 1 fully saturated rings. The first-order valence-corrected chi connectivity index (χ1v) is 9.48.